The molecule has 10 heteroatoms. The molecule has 2 aromatic heterocycles. The molecule has 4 rings (SSSR count). The number of fused-ring (bicyclic) bond motifs is 3. The number of pyridine rings is 1. The van der Waals surface area contributed by atoms with Crippen molar-refractivity contribution in [3.8, 4) is 17.2 Å². The van der Waals surface area contributed by atoms with Gasteiger partial charge in [-0.15, -0.1) is 0 Å². The first kappa shape index (κ1) is 20.0. The van der Waals surface area contributed by atoms with Crippen molar-refractivity contribution in [2.45, 2.75) is 33.0 Å². The number of phenolic OH excluding ortho intramolecular Hbond substituents is 1. The number of nitrogen functional groups attached to an aromatic ring is 1. The number of nitrogens with two attached hydrogens (primary N) is 2. The number of nitrogens with zero attached hydrogens (tertiary/aromatic N) is 2. The van der Waals surface area contributed by atoms with E-state index >= 15 is 0 Å². The van der Waals surface area contributed by atoms with Crippen LogP contribution in [0, 0.1) is 13.8 Å². The Morgan fingerprint density at radius 1 is 1.37 bits per heavy atom. The predicted octanol–water partition coefficient (Wildman–Crippen LogP) is 2.28. The topological polar surface area (TPSA) is 116 Å². The SMILES string of the molecule is Cc1ccc(O)c(C)c1-n1c(N)c(C(N)=O)c2c(C(C)(F)F)nc3c(c21)OCC[B]3. The molecule has 0 bridgehead atoms. The molecule has 1 aliphatic rings. The van der Waals surface area contributed by atoms with Crippen molar-refractivity contribution in [3.63, 3.8) is 0 Å². The van der Waals surface area contributed by atoms with Gasteiger partial charge in [-0.05, 0) is 31.8 Å². The van der Waals surface area contributed by atoms with E-state index in [4.69, 9.17) is 16.2 Å². The minimum atomic E-state index is -3.37. The highest BCUT2D eigenvalue weighted by atomic mass is 19.3. The van der Waals surface area contributed by atoms with E-state index in [2.05, 4.69) is 4.98 Å². The molecule has 30 heavy (non-hydrogen) atoms. The van der Waals surface area contributed by atoms with Gasteiger partial charge in [0.15, 0.2) is 13.0 Å². The van der Waals surface area contributed by atoms with E-state index < -0.39 is 17.5 Å². The maximum absolute atomic E-state index is 14.6. The minimum Gasteiger partial charge on any atom is -0.508 e. The fourth-order valence-corrected chi connectivity index (χ4v) is 3.99. The van der Waals surface area contributed by atoms with Crippen LogP contribution < -0.4 is 21.8 Å². The molecule has 1 aliphatic heterocycles. The molecule has 3 heterocycles. The summed E-state index contributed by atoms with van der Waals surface area (Å²) in [6, 6.07) is 3.20. The van der Waals surface area contributed by atoms with E-state index in [-0.39, 0.29) is 39.4 Å². The molecule has 0 unspecified atom stereocenters. The molecule has 0 aliphatic carbocycles. The van der Waals surface area contributed by atoms with Crippen LogP contribution in [-0.4, -0.2) is 34.5 Å². The minimum absolute atomic E-state index is 0.00563. The van der Waals surface area contributed by atoms with Gasteiger partial charge in [0.05, 0.1) is 17.9 Å². The number of alkyl halides is 2. The number of carbonyl (C=O) groups excluding carboxylic acids is 1. The van der Waals surface area contributed by atoms with Crippen molar-refractivity contribution in [2.24, 2.45) is 5.73 Å². The maximum atomic E-state index is 14.6. The molecule has 1 amide bonds. The van der Waals surface area contributed by atoms with Crippen LogP contribution >= 0.6 is 0 Å². The largest absolute Gasteiger partial charge is 0.508 e. The first-order valence-electron chi connectivity index (χ1n) is 9.35. The predicted molar refractivity (Wildman–Crippen MR) is 110 cm³/mol. The zero-order valence-electron chi connectivity index (χ0n) is 16.7. The monoisotopic (exact) mass is 413 g/mol. The summed E-state index contributed by atoms with van der Waals surface area (Å²) in [7, 11) is 1.70. The number of amides is 1. The van der Waals surface area contributed by atoms with Crippen LogP contribution in [0.25, 0.3) is 16.6 Å². The van der Waals surface area contributed by atoms with Crippen molar-refractivity contribution in [1.82, 2.24) is 9.55 Å². The van der Waals surface area contributed by atoms with Crippen molar-refractivity contribution in [1.29, 1.82) is 0 Å². The molecule has 0 spiro atoms. The standard InChI is InChI=1S/C20H20BF2N4O3/c1-8-4-5-10(28)9(2)13(8)27-14-11(12(18(27)24)19(25)29)16(20(3,22)23)26-17-15(14)30-7-6-21-17/h4-5,28H,6-7,24H2,1-3H3,(H2,25,29). The molecule has 0 saturated heterocycles. The van der Waals surface area contributed by atoms with Crippen molar-refractivity contribution in [2.75, 3.05) is 12.3 Å². The number of ether oxygens (including phenoxy) is 1. The van der Waals surface area contributed by atoms with Gasteiger partial charge in [-0.25, -0.2) is 0 Å². The molecule has 7 nitrogen and oxygen atoms in total. The number of rotatable bonds is 3. The van der Waals surface area contributed by atoms with Crippen LogP contribution in [0.1, 0.15) is 34.1 Å². The van der Waals surface area contributed by atoms with Gasteiger partial charge >= 0.3 is 0 Å². The number of anilines is 1. The first-order valence-corrected chi connectivity index (χ1v) is 9.35. The number of aromatic hydroxyl groups is 1. The Morgan fingerprint density at radius 2 is 2.07 bits per heavy atom. The fourth-order valence-electron chi connectivity index (χ4n) is 3.99. The third kappa shape index (κ3) is 2.78. The van der Waals surface area contributed by atoms with Gasteiger partial charge in [-0.2, -0.15) is 8.78 Å². The Hall–Kier alpha value is -3.30. The van der Waals surface area contributed by atoms with Gasteiger partial charge in [0, 0.05) is 23.5 Å². The Labute approximate surface area is 171 Å². The normalized spacial score (nSPS) is 13.6. The van der Waals surface area contributed by atoms with Crippen LogP contribution in [0.15, 0.2) is 12.1 Å². The molecule has 0 atom stereocenters. The van der Waals surface area contributed by atoms with Crippen LogP contribution in [0.3, 0.4) is 0 Å². The van der Waals surface area contributed by atoms with Crippen molar-refractivity contribution < 1.29 is 23.4 Å². The smallest absolute Gasteiger partial charge is 0.287 e. The van der Waals surface area contributed by atoms with Gasteiger partial charge < -0.3 is 21.3 Å². The Kier molecular flexibility index (Phi) is 4.41. The highest BCUT2D eigenvalue weighted by molar-refractivity contribution is 6.54. The van der Waals surface area contributed by atoms with E-state index in [1.807, 2.05) is 0 Å². The molecule has 1 radical (unpaired) electrons. The summed E-state index contributed by atoms with van der Waals surface area (Å²) < 4.78 is 36.5. The number of aromatic nitrogens is 2. The Morgan fingerprint density at radius 3 is 2.70 bits per heavy atom. The second kappa shape index (κ2) is 6.61. The summed E-state index contributed by atoms with van der Waals surface area (Å²) in [5, 5.41) is 10.1. The molecule has 1 aromatic carbocycles. The molecular weight excluding hydrogens is 393 g/mol. The van der Waals surface area contributed by atoms with E-state index in [9.17, 15) is 18.7 Å². The fraction of sp³-hybridized carbons (Fsp3) is 0.300. The lowest BCUT2D eigenvalue weighted by Gasteiger charge is -2.23. The van der Waals surface area contributed by atoms with Crippen molar-refractivity contribution in [3.05, 3.63) is 34.5 Å². The third-order valence-electron chi connectivity index (χ3n) is 5.32. The lowest BCUT2D eigenvalue weighted by atomic mass is 9.68. The lowest BCUT2D eigenvalue weighted by molar-refractivity contribution is 0.0146. The number of aryl methyl sites for hydroxylation is 1. The van der Waals surface area contributed by atoms with E-state index in [1.165, 1.54) is 10.6 Å². The molecule has 0 saturated carbocycles. The van der Waals surface area contributed by atoms with Gasteiger partial charge in [0.1, 0.15) is 22.8 Å². The highest BCUT2D eigenvalue weighted by Crippen LogP contribution is 2.44. The van der Waals surface area contributed by atoms with Gasteiger partial charge in [0.2, 0.25) is 0 Å². The number of halogens is 2. The quantitative estimate of drug-likeness (QED) is 0.570. The van der Waals surface area contributed by atoms with E-state index in [0.717, 1.165) is 0 Å². The summed E-state index contributed by atoms with van der Waals surface area (Å²) in [6.45, 7) is 4.48. The number of primary amides is 1. The third-order valence-corrected chi connectivity index (χ3v) is 5.32. The van der Waals surface area contributed by atoms with Crippen LogP contribution in [-0.2, 0) is 5.92 Å². The van der Waals surface area contributed by atoms with Crippen LogP contribution in [0.4, 0.5) is 14.6 Å². The summed E-state index contributed by atoms with van der Waals surface area (Å²) >= 11 is 0. The van der Waals surface area contributed by atoms with Crippen molar-refractivity contribution >= 4 is 35.5 Å². The average Bonchev–Trinajstić information content (AvgIpc) is 2.97. The molecular formula is C20H20BF2N4O3. The number of carbonyl (C=O) groups is 1. The first-order chi connectivity index (χ1) is 14.0. The van der Waals surface area contributed by atoms with Crippen LogP contribution in [0.2, 0.25) is 6.32 Å². The van der Waals surface area contributed by atoms with Crippen LogP contribution in [0.5, 0.6) is 11.5 Å². The molecule has 0 fully saturated rings. The molecule has 5 N–H and O–H groups in total. The zero-order chi connectivity index (χ0) is 22.0. The van der Waals surface area contributed by atoms with Gasteiger partial charge in [-0.3, -0.25) is 14.3 Å². The highest BCUT2D eigenvalue weighted by Gasteiger charge is 2.38. The number of benzene rings is 1. The van der Waals surface area contributed by atoms with E-state index in [1.54, 1.807) is 27.2 Å². The number of phenols is 1. The molecule has 155 valence electrons. The summed E-state index contributed by atoms with van der Waals surface area (Å²) in [6.07, 6.45) is 0.503. The number of hydrogen-bond acceptors (Lipinski definition) is 5. The van der Waals surface area contributed by atoms with Gasteiger partial charge in [0.25, 0.3) is 11.8 Å². The second-order valence-corrected chi connectivity index (χ2v) is 7.46. The lowest BCUT2D eigenvalue weighted by Crippen LogP contribution is -2.31. The summed E-state index contributed by atoms with van der Waals surface area (Å²) in [5.74, 6) is -4.22. The summed E-state index contributed by atoms with van der Waals surface area (Å²) in [5.41, 5.74) is 13.1. The van der Waals surface area contributed by atoms with Gasteiger partial charge in [-0.1, -0.05) is 6.07 Å². The number of hydrogen-bond donors (Lipinski definition) is 3. The summed E-state index contributed by atoms with van der Waals surface area (Å²) in [4.78, 5) is 16.4. The maximum Gasteiger partial charge on any atom is 0.287 e. The Balaban J connectivity index is 2.30. The average molecular weight is 413 g/mol. The van der Waals surface area contributed by atoms with E-state index in [0.29, 0.717) is 36.7 Å². The zero-order valence-corrected chi connectivity index (χ0v) is 16.7. The second-order valence-electron chi connectivity index (χ2n) is 7.46. The molecule has 3 aromatic rings. The Bertz CT molecular complexity index is 1220.